The fourth-order valence-corrected chi connectivity index (χ4v) is 10.7. The molecule has 6 aromatic carbocycles. The third-order valence-corrected chi connectivity index (χ3v) is 14.5. The summed E-state index contributed by atoms with van der Waals surface area (Å²) in [7, 11) is 0. The van der Waals surface area contributed by atoms with Crippen LogP contribution in [0.2, 0.25) is 0 Å². The molecule has 11 aromatic rings. The molecule has 5 heterocycles. The quantitative estimate of drug-likeness (QED) is 0.0608. The van der Waals surface area contributed by atoms with Crippen LogP contribution in [0.1, 0.15) is 67.1 Å². The Balaban J connectivity index is 0.000000181. The molecule has 0 saturated heterocycles. The van der Waals surface area contributed by atoms with Crippen LogP contribution in [0, 0.1) is 3.70 Å². The molecule has 0 fully saturated rings. The lowest BCUT2D eigenvalue weighted by Crippen LogP contribution is -2.38. The van der Waals surface area contributed by atoms with Crippen molar-refractivity contribution in [2.75, 3.05) is 0 Å². The minimum absolute atomic E-state index is 0.0678. The SMILES string of the molecule is CC(C)n1cc(-c2nn(C(c3ccccc3)(c3ccccc3)c3ccccc3)c3ccnc(OC(C)C(F)(F)F)c23)cn1.CC(Oc1nccc2c1c(I)nn2C(c1ccccc1)(c1ccccc1)c1ccccc1)C(F)(F)F. The molecule has 2 atom stereocenters. The normalized spacial score (nSPS) is 13.0. The Hall–Kier alpha value is -8.32. The molecule has 0 amide bonds. The van der Waals surface area contributed by atoms with Gasteiger partial charge in [0.1, 0.15) is 20.5 Å². The number of pyridine rings is 2. The molecule has 0 aliphatic heterocycles. The molecule has 0 aliphatic rings. The van der Waals surface area contributed by atoms with E-state index in [0.29, 0.717) is 36.8 Å². The minimum Gasteiger partial charge on any atom is -0.464 e. The van der Waals surface area contributed by atoms with Gasteiger partial charge in [0.15, 0.2) is 12.2 Å². The van der Waals surface area contributed by atoms with Gasteiger partial charge in [-0.05, 0) is 95.8 Å². The first-order valence-corrected chi connectivity index (χ1v) is 26.4. The predicted molar refractivity (Wildman–Crippen MR) is 301 cm³/mol. The van der Waals surface area contributed by atoms with Gasteiger partial charge in [0.2, 0.25) is 11.8 Å². The predicted octanol–water partition coefficient (Wildman–Crippen LogP) is 15.3. The van der Waals surface area contributed by atoms with E-state index in [0.717, 1.165) is 47.2 Å². The van der Waals surface area contributed by atoms with E-state index < -0.39 is 35.6 Å². The van der Waals surface area contributed by atoms with Gasteiger partial charge in [0, 0.05) is 30.2 Å². The molecule has 400 valence electrons. The van der Waals surface area contributed by atoms with Crippen LogP contribution in [0.3, 0.4) is 0 Å². The van der Waals surface area contributed by atoms with E-state index >= 15 is 0 Å². The van der Waals surface area contributed by atoms with E-state index in [1.54, 1.807) is 23.0 Å². The number of rotatable bonds is 14. The van der Waals surface area contributed by atoms with E-state index in [2.05, 4.69) is 15.1 Å². The smallest absolute Gasteiger partial charge is 0.425 e. The van der Waals surface area contributed by atoms with Crippen LogP contribution in [0.25, 0.3) is 33.1 Å². The van der Waals surface area contributed by atoms with Crippen molar-refractivity contribution in [3.8, 4) is 23.0 Å². The molecule has 5 aromatic heterocycles. The number of hydrogen-bond acceptors (Lipinski definition) is 7. The second kappa shape index (κ2) is 22.2. The number of nitrogens with zero attached hydrogens (tertiary/aromatic N) is 8. The monoisotopic (exact) mass is 1180 g/mol. The number of aromatic nitrogens is 8. The van der Waals surface area contributed by atoms with Gasteiger partial charge in [-0.2, -0.15) is 41.6 Å². The van der Waals surface area contributed by atoms with E-state index in [4.69, 9.17) is 19.7 Å². The van der Waals surface area contributed by atoms with Gasteiger partial charge >= 0.3 is 12.4 Å². The number of halogens is 7. The molecule has 0 radical (unpaired) electrons. The van der Waals surface area contributed by atoms with Crippen molar-refractivity contribution in [3.05, 3.63) is 256 Å². The maximum Gasteiger partial charge on any atom is 0.425 e. The molecular weight excluding hydrogens is 1130 g/mol. The molecule has 10 nitrogen and oxygen atoms in total. The molecule has 0 bridgehead atoms. The highest BCUT2D eigenvalue weighted by Gasteiger charge is 2.45. The highest BCUT2D eigenvalue weighted by atomic mass is 127. The lowest BCUT2D eigenvalue weighted by Gasteiger charge is -2.37. The maximum absolute atomic E-state index is 13.7. The lowest BCUT2D eigenvalue weighted by molar-refractivity contribution is -0.190. The summed E-state index contributed by atoms with van der Waals surface area (Å²) in [6, 6.07) is 63.3. The lowest BCUT2D eigenvalue weighted by atomic mass is 9.77. The van der Waals surface area contributed by atoms with Gasteiger partial charge in [-0.1, -0.05) is 182 Å². The first kappa shape index (κ1) is 54.1. The van der Waals surface area contributed by atoms with Crippen LogP contribution in [-0.4, -0.2) is 63.9 Å². The largest absolute Gasteiger partial charge is 0.464 e. The summed E-state index contributed by atoms with van der Waals surface area (Å²) in [5.41, 5.74) is 5.91. The van der Waals surface area contributed by atoms with Crippen LogP contribution in [0.4, 0.5) is 26.3 Å². The number of hydrogen-bond donors (Lipinski definition) is 0. The average Bonchev–Trinajstić information content (AvgIpc) is 4.08. The molecule has 0 aliphatic carbocycles. The van der Waals surface area contributed by atoms with E-state index in [1.807, 2.05) is 234 Å². The van der Waals surface area contributed by atoms with Crippen LogP contribution >= 0.6 is 22.6 Å². The summed E-state index contributed by atoms with van der Waals surface area (Å²) in [6.07, 6.45) is -6.76. The highest BCUT2D eigenvalue weighted by Crippen LogP contribution is 2.47. The summed E-state index contributed by atoms with van der Waals surface area (Å²) in [5.74, 6) is -0.250. The maximum atomic E-state index is 13.7. The molecular formula is C62H51F6IN8O2. The van der Waals surface area contributed by atoms with Crippen molar-refractivity contribution in [1.29, 1.82) is 0 Å². The Morgan fingerprint density at radius 1 is 0.443 bits per heavy atom. The van der Waals surface area contributed by atoms with Gasteiger partial charge < -0.3 is 9.47 Å². The van der Waals surface area contributed by atoms with Crippen molar-refractivity contribution in [2.45, 2.75) is 69.4 Å². The molecule has 11 rings (SSSR count). The number of alkyl halides is 6. The number of ether oxygens (including phenoxy) is 2. The molecule has 2 unspecified atom stereocenters. The number of fused-ring (bicyclic) bond motifs is 2. The first-order valence-electron chi connectivity index (χ1n) is 25.3. The Labute approximate surface area is 465 Å². The Morgan fingerprint density at radius 2 is 0.772 bits per heavy atom. The fourth-order valence-electron chi connectivity index (χ4n) is 9.94. The van der Waals surface area contributed by atoms with E-state index in [9.17, 15) is 26.3 Å². The van der Waals surface area contributed by atoms with Crippen molar-refractivity contribution >= 4 is 44.4 Å². The van der Waals surface area contributed by atoms with Crippen molar-refractivity contribution in [2.24, 2.45) is 0 Å². The van der Waals surface area contributed by atoms with Gasteiger partial charge in [0.05, 0.1) is 28.0 Å². The number of benzene rings is 6. The third-order valence-electron chi connectivity index (χ3n) is 13.8. The fraction of sp³-hybridized carbons (Fsp3) is 0.177. The van der Waals surface area contributed by atoms with E-state index in [1.165, 1.54) is 12.4 Å². The average molecular weight is 1180 g/mol. The Morgan fingerprint density at radius 3 is 1.10 bits per heavy atom. The molecule has 0 N–H and O–H groups in total. The summed E-state index contributed by atoms with van der Waals surface area (Å²) >= 11 is 2.04. The van der Waals surface area contributed by atoms with Gasteiger partial charge in [-0.15, -0.1) is 0 Å². The van der Waals surface area contributed by atoms with Crippen LogP contribution in [0.5, 0.6) is 11.8 Å². The minimum atomic E-state index is -4.58. The molecule has 0 saturated carbocycles. The Kier molecular flexibility index (Phi) is 15.2. The summed E-state index contributed by atoms with van der Waals surface area (Å²) in [4.78, 5) is 8.45. The summed E-state index contributed by atoms with van der Waals surface area (Å²) in [6.45, 7) is 5.95. The zero-order valence-corrected chi connectivity index (χ0v) is 45.2. The molecule has 0 spiro atoms. The van der Waals surface area contributed by atoms with Gasteiger partial charge in [-0.3, -0.25) is 4.68 Å². The Bertz CT molecular complexity index is 3610. The standard InChI is InChI=1S/C34H30F3N5O.C28H21F3IN3O/c1-23(2)41-22-25(21-39-41)31-30-29(19-20-38-32(30)43-24(3)34(35,36)37)42(40-31)33(26-13-7-4-8-14-26,27-15-9-5-10-16-27)28-17-11-6-12-18-28;1-19(28(29,30)31)36-26-24-23(17-18-33-26)35(34-25(24)32)27(20-11-5-2-6-12-20,21-13-7-3-8-14-21)22-15-9-4-10-16-22/h4-24H,1-3H3;2-19H,1H3. The van der Waals surface area contributed by atoms with Crippen LogP contribution in [0.15, 0.2) is 219 Å². The van der Waals surface area contributed by atoms with E-state index in [-0.39, 0.29) is 17.8 Å². The second-order valence-corrected chi connectivity index (χ2v) is 20.0. The molecule has 17 heteroatoms. The first-order chi connectivity index (χ1) is 38.0. The van der Waals surface area contributed by atoms with Crippen molar-refractivity contribution in [1.82, 2.24) is 39.3 Å². The van der Waals surface area contributed by atoms with Crippen molar-refractivity contribution in [3.63, 3.8) is 0 Å². The van der Waals surface area contributed by atoms with Gasteiger partial charge in [-0.25, -0.2) is 19.3 Å². The molecule has 79 heavy (non-hydrogen) atoms. The van der Waals surface area contributed by atoms with Gasteiger partial charge in [0.25, 0.3) is 0 Å². The summed E-state index contributed by atoms with van der Waals surface area (Å²) < 4.78 is 98.0. The second-order valence-electron chi connectivity index (χ2n) is 19.0. The zero-order chi connectivity index (χ0) is 55.5. The third kappa shape index (κ3) is 10.2. The van der Waals surface area contributed by atoms with Crippen LogP contribution in [-0.2, 0) is 11.1 Å². The summed E-state index contributed by atoms with van der Waals surface area (Å²) in [5, 5.41) is 15.5. The topological polar surface area (TPSA) is 97.7 Å². The van der Waals surface area contributed by atoms with Crippen molar-refractivity contribution < 1.29 is 35.8 Å². The zero-order valence-electron chi connectivity index (χ0n) is 43.1. The highest BCUT2D eigenvalue weighted by molar-refractivity contribution is 14.1. The van der Waals surface area contributed by atoms with Crippen LogP contribution < -0.4 is 9.47 Å².